The molecule has 3 aromatic rings. The van der Waals surface area contributed by atoms with Crippen LogP contribution in [0, 0.1) is 0 Å². The Morgan fingerprint density at radius 1 is 1.10 bits per heavy atom. The summed E-state index contributed by atoms with van der Waals surface area (Å²) < 4.78 is 38.5. The van der Waals surface area contributed by atoms with Gasteiger partial charge in [-0.15, -0.1) is 0 Å². The van der Waals surface area contributed by atoms with Gasteiger partial charge in [-0.1, -0.05) is 21.3 Å². The van der Waals surface area contributed by atoms with E-state index in [0.717, 1.165) is 18.0 Å². The van der Waals surface area contributed by atoms with Crippen molar-refractivity contribution in [2.75, 3.05) is 23.3 Å². The number of aromatic nitrogens is 4. The van der Waals surface area contributed by atoms with E-state index in [2.05, 4.69) is 25.3 Å². The Hall–Kier alpha value is -2.88. The van der Waals surface area contributed by atoms with E-state index < -0.39 is 11.7 Å². The third-order valence-corrected chi connectivity index (χ3v) is 5.13. The average Bonchev–Trinajstić information content (AvgIpc) is 3.13. The molecule has 0 unspecified atom stereocenters. The van der Waals surface area contributed by atoms with Crippen LogP contribution in [0.1, 0.15) is 51.4 Å². The summed E-state index contributed by atoms with van der Waals surface area (Å²) >= 11 is 0. The number of halogens is 3. The van der Waals surface area contributed by atoms with E-state index in [4.69, 9.17) is 0 Å². The van der Waals surface area contributed by atoms with E-state index in [0.29, 0.717) is 54.5 Å². The van der Waals surface area contributed by atoms with Crippen molar-refractivity contribution in [1.29, 1.82) is 0 Å². The molecule has 0 bridgehead atoms. The number of benzene rings is 1. The first-order chi connectivity index (χ1) is 14.2. The number of piperidine rings is 1. The summed E-state index contributed by atoms with van der Waals surface area (Å²) in [5, 5.41) is 12.9. The minimum Gasteiger partial charge on any atom is -0.393 e. The predicted molar refractivity (Wildman–Crippen MR) is 115 cm³/mol. The Morgan fingerprint density at radius 3 is 2.32 bits per heavy atom. The fourth-order valence-electron chi connectivity index (χ4n) is 3.35. The Labute approximate surface area is 178 Å². The summed E-state index contributed by atoms with van der Waals surface area (Å²) in [4.78, 5) is 19.0. The molecule has 0 atom stereocenters. The molecular formula is C21H27F3N6O. The lowest BCUT2D eigenvalue weighted by molar-refractivity contribution is -0.137. The van der Waals surface area contributed by atoms with Crippen LogP contribution >= 0.6 is 0 Å². The van der Waals surface area contributed by atoms with Crippen LogP contribution in [-0.2, 0) is 6.18 Å². The zero-order valence-electron chi connectivity index (χ0n) is 16.7. The van der Waals surface area contributed by atoms with E-state index in [1.165, 1.54) is 12.1 Å². The first kappa shape index (κ1) is 22.8. The minimum atomic E-state index is -4.39. The van der Waals surface area contributed by atoms with E-state index in [1.54, 1.807) is 0 Å². The highest BCUT2D eigenvalue weighted by Gasteiger charge is 2.30. The quantitative estimate of drug-likeness (QED) is 0.543. The second kappa shape index (κ2) is 8.70. The van der Waals surface area contributed by atoms with Gasteiger partial charge < -0.3 is 20.3 Å². The minimum absolute atomic E-state index is 0. The van der Waals surface area contributed by atoms with Crippen LogP contribution in [0.15, 0.2) is 24.3 Å². The number of aliphatic hydroxyl groups is 1. The van der Waals surface area contributed by atoms with Crippen molar-refractivity contribution in [1.82, 2.24) is 19.9 Å². The molecule has 0 amide bonds. The molecule has 31 heavy (non-hydrogen) atoms. The van der Waals surface area contributed by atoms with Crippen molar-refractivity contribution in [3.05, 3.63) is 35.7 Å². The van der Waals surface area contributed by atoms with Gasteiger partial charge in [0.25, 0.3) is 0 Å². The van der Waals surface area contributed by atoms with Gasteiger partial charge in [-0.25, -0.2) is 4.98 Å². The molecule has 3 N–H and O–H groups in total. The van der Waals surface area contributed by atoms with E-state index in [-0.39, 0.29) is 19.4 Å². The molecule has 1 aliphatic heterocycles. The number of aliphatic hydroxyl groups excluding tert-OH is 1. The molecular weight excluding hydrogens is 409 g/mol. The number of aromatic amines is 1. The molecule has 0 saturated carbocycles. The Balaban J connectivity index is 0.00000272. The van der Waals surface area contributed by atoms with Crippen molar-refractivity contribution >= 4 is 28.6 Å². The molecule has 168 valence electrons. The molecule has 1 fully saturated rings. The standard InChI is InChI=1S/C20H23F3N6O.CH4/c1-11(2)16-25-15-17(24-13-5-3-12(4-6-13)20(21,22)23)27-19(28-18(15)26-16)29-9-7-14(30)8-10-29;/h3-6,11,14,30H,7-10H2,1-2H3,(H2,24,25,26,27,28);1H4. The molecule has 3 heterocycles. The highest BCUT2D eigenvalue weighted by Crippen LogP contribution is 2.32. The SMILES string of the molecule is C.CC(C)c1nc2nc(N3CCC(O)CC3)nc(Nc3ccc(C(F)(F)F)cc3)c2[nH]1. The Kier molecular flexibility index (Phi) is 6.40. The fourth-order valence-corrected chi connectivity index (χ4v) is 3.35. The van der Waals surface area contributed by atoms with Crippen LogP contribution in [0.5, 0.6) is 0 Å². The zero-order valence-corrected chi connectivity index (χ0v) is 16.7. The van der Waals surface area contributed by atoms with E-state index >= 15 is 0 Å². The smallest absolute Gasteiger partial charge is 0.393 e. The van der Waals surface area contributed by atoms with Gasteiger partial charge in [0.15, 0.2) is 11.5 Å². The molecule has 0 aliphatic carbocycles. The van der Waals surface area contributed by atoms with Crippen molar-refractivity contribution in [3.63, 3.8) is 0 Å². The van der Waals surface area contributed by atoms with Gasteiger partial charge in [-0.3, -0.25) is 0 Å². The maximum Gasteiger partial charge on any atom is 0.416 e. The molecule has 0 spiro atoms. The van der Waals surface area contributed by atoms with E-state index in [9.17, 15) is 18.3 Å². The van der Waals surface area contributed by atoms with Gasteiger partial charge in [0.1, 0.15) is 11.3 Å². The first-order valence-corrected chi connectivity index (χ1v) is 9.85. The second-order valence-electron chi connectivity index (χ2n) is 7.77. The van der Waals surface area contributed by atoms with Crippen molar-refractivity contribution in [2.45, 2.75) is 52.3 Å². The third-order valence-electron chi connectivity index (χ3n) is 5.13. The number of hydrogen-bond acceptors (Lipinski definition) is 6. The van der Waals surface area contributed by atoms with Crippen molar-refractivity contribution in [3.8, 4) is 0 Å². The van der Waals surface area contributed by atoms with Gasteiger partial charge in [0, 0.05) is 24.7 Å². The molecule has 7 nitrogen and oxygen atoms in total. The molecule has 1 saturated heterocycles. The number of fused-ring (bicyclic) bond motifs is 1. The summed E-state index contributed by atoms with van der Waals surface area (Å²) in [6, 6.07) is 4.79. The van der Waals surface area contributed by atoms with Crippen LogP contribution in [0.2, 0.25) is 0 Å². The highest BCUT2D eigenvalue weighted by atomic mass is 19.4. The Bertz CT molecular complexity index is 1020. The summed E-state index contributed by atoms with van der Waals surface area (Å²) in [6.45, 7) is 5.24. The van der Waals surface area contributed by atoms with Crippen molar-refractivity contribution < 1.29 is 18.3 Å². The van der Waals surface area contributed by atoms with Crippen LogP contribution in [0.4, 0.5) is 30.6 Å². The lowest BCUT2D eigenvalue weighted by atomic mass is 10.1. The molecule has 1 aliphatic rings. The van der Waals surface area contributed by atoms with Gasteiger partial charge in [-0.2, -0.15) is 23.1 Å². The van der Waals surface area contributed by atoms with E-state index in [1.807, 2.05) is 18.7 Å². The topological polar surface area (TPSA) is 90.0 Å². The zero-order chi connectivity index (χ0) is 21.5. The van der Waals surface area contributed by atoms with Crippen LogP contribution in [0.25, 0.3) is 11.2 Å². The number of anilines is 3. The van der Waals surface area contributed by atoms with Crippen LogP contribution in [0.3, 0.4) is 0 Å². The van der Waals surface area contributed by atoms with Crippen LogP contribution in [-0.4, -0.2) is 44.2 Å². The van der Waals surface area contributed by atoms with Gasteiger partial charge in [0.2, 0.25) is 5.95 Å². The summed E-state index contributed by atoms with van der Waals surface area (Å²) in [5.74, 6) is 1.82. The first-order valence-electron chi connectivity index (χ1n) is 9.85. The largest absolute Gasteiger partial charge is 0.416 e. The highest BCUT2D eigenvalue weighted by molar-refractivity contribution is 5.86. The number of rotatable bonds is 4. The summed E-state index contributed by atoms with van der Waals surface area (Å²) in [5.41, 5.74) is 0.851. The molecule has 1 aromatic carbocycles. The number of nitrogens with zero attached hydrogens (tertiary/aromatic N) is 4. The van der Waals surface area contributed by atoms with Gasteiger partial charge >= 0.3 is 6.18 Å². The van der Waals surface area contributed by atoms with Gasteiger partial charge in [0.05, 0.1) is 11.7 Å². The number of H-pyrrole nitrogens is 1. The number of nitrogens with one attached hydrogen (secondary N) is 2. The number of alkyl halides is 3. The predicted octanol–water partition coefficient (Wildman–Crippen LogP) is 4.84. The average molecular weight is 436 g/mol. The third kappa shape index (κ3) is 4.90. The molecule has 0 radical (unpaired) electrons. The van der Waals surface area contributed by atoms with Crippen molar-refractivity contribution in [2.24, 2.45) is 0 Å². The summed E-state index contributed by atoms with van der Waals surface area (Å²) in [7, 11) is 0. The fraction of sp³-hybridized carbons (Fsp3) is 0.476. The summed E-state index contributed by atoms with van der Waals surface area (Å²) in [6.07, 6.45) is -3.46. The van der Waals surface area contributed by atoms with Crippen LogP contribution < -0.4 is 10.2 Å². The van der Waals surface area contributed by atoms with Gasteiger partial charge in [-0.05, 0) is 37.1 Å². The number of imidazole rings is 1. The monoisotopic (exact) mass is 436 g/mol. The lowest BCUT2D eigenvalue weighted by Crippen LogP contribution is -2.36. The molecule has 10 heteroatoms. The maximum absolute atomic E-state index is 12.8. The molecule has 4 rings (SSSR count). The lowest BCUT2D eigenvalue weighted by Gasteiger charge is -2.29. The molecule has 2 aromatic heterocycles. The number of hydrogen-bond donors (Lipinski definition) is 3. The normalized spacial score (nSPS) is 15.4. The second-order valence-corrected chi connectivity index (χ2v) is 7.77. The maximum atomic E-state index is 12.8. The Morgan fingerprint density at radius 2 is 1.74 bits per heavy atom.